The van der Waals surface area contributed by atoms with Crippen molar-refractivity contribution in [3.63, 3.8) is 0 Å². The number of phosphoric acid groups is 1. The van der Waals surface area contributed by atoms with Crippen LogP contribution in [0.15, 0.2) is 12.2 Å². The third-order valence-corrected chi connectivity index (χ3v) is 12.2. The van der Waals surface area contributed by atoms with Gasteiger partial charge in [0, 0.05) is 20.0 Å². The molecule has 2 atom stereocenters. The number of carbonyl (C=O) groups is 2. The minimum Gasteiger partial charge on any atom is -0.462 e. The molecule has 0 fully saturated rings. The fraction of sp³-hybridized carbons (Fsp3) is 0.918. The molecule has 0 spiro atoms. The fourth-order valence-electron chi connectivity index (χ4n) is 7.42. The van der Waals surface area contributed by atoms with E-state index in [1.54, 1.807) is 0 Å². The number of ether oxygens (including phenoxy) is 2. The Bertz CT molecular complexity index is 957. The highest BCUT2D eigenvalue weighted by Crippen LogP contribution is 2.42. The maximum atomic E-state index is 12.5. The molecule has 0 amide bonds. The van der Waals surface area contributed by atoms with Gasteiger partial charge < -0.3 is 14.4 Å². The van der Waals surface area contributed by atoms with Gasteiger partial charge in [-0.05, 0) is 38.5 Å². The highest BCUT2D eigenvalue weighted by atomic mass is 31.2. The Morgan fingerprint density at radius 2 is 0.776 bits per heavy atom. The normalized spacial score (nSPS) is 13.2. The monoisotopic (exact) mass is 843 g/mol. The summed E-state index contributed by atoms with van der Waals surface area (Å²) in [5.41, 5.74) is 0. The second-order valence-electron chi connectivity index (χ2n) is 17.0. The minimum atomic E-state index is -4.26. The summed E-state index contributed by atoms with van der Waals surface area (Å²) in [6.45, 7) is 3.92. The average molecular weight is 843 g/mol. The van der Waals surface area contributed by atoms with Crippen LogP contribution in [0.2, 0.25) is 0 Å². The fourth-order valence-corrected chi connectivity index (χ4v) is 7.88. The Balaban J connectivity index is 3.85. The Kier molecular flexibility index (Phi) is 44.4. The maximum Gasteiger partial charge on any atom is 0.472 e. The maximum absolute atomic E-state index is 12.5. The van der Waals surface area contributed by atoms with Crippen molar-refractivity contribution in [3.8, 4) is 0 Å². The van der Waals surface area contributed by atoms with Crippen LogP contribution in [-0.4, -0.2) is 43.3 Å². The van der Waals surface area contributed by atoms with E-state index in [-0.39, 0.29) is 19.0 Å². The quantitative estimate of drug-likeness (QED) is 0.0279. The smallest absolute Gasteiger partial charge is 0.462 e. The van der Waals surface area contributed by atoms with Crippen LogP contribution in [0.25, 0.3) is 0 Å². The van der Waals surface area contributed by atoms with Gasteiger partial charge >= 0.3 is 19.8 Å². The number of rotatable bonds is 47. The SMILES string of the molecule is CCCCCCCCC/C=C\CCCCCCCC(=O)OC(COC(=O)CCCCCCCCCCCCCCCCCCCCCCCCC)COP(=O)(O)OC. The second-order valence-corrected chi connectivity index (χ2v) is 18.5. The number of phosphoric ester groups is 1. The molecule has 0 aromatic heterocycles. The molecule has 1 N–H and O–H groups in total. The molecule has 0 aromatic rings. The predicted molar refractivity (Wildman–Crippen MR) is 244 cm³/mol. The molecular formula is C49H95O8P. The topological polar surface area (TPSA) is 108 Å². The predicted octanol–water partition coefficient (Wildman–Crippen LogP) is 16.0. The van der Waals surface area contributed by atoms with Crippen LogP contribution in [0.3, 0.4) is 0 Å². The van der Waals surface area contributed by atoms with Gasteiger partial charge in [-0.2, -0.15) is 0 Å². The average Bonchev–Trinajstić information content (AvgIpc) is 3.21. The van der Waals surface area contributed by atoms with E-state index in [1.807, 2.05) is 0 Å². The van der Waals surface area contributed by atoms with Crippen LogP contribution in [0.5, 0.6) is 0 Å². The lowest BCUT2D eigenvalue weighted by atomic mass is 10.0. The van der Waals surface area contributed by atoms with Crippen molar-refractivity contribution in [3.05, 3.63) is 12.2 Å². The van der Waals surface area contributed by atoms with E-state index < -0.39 is 26.5 Å². The number of hydrogen-bond acceptors (Lipinski definition) is 7. The van der Waals surface area contributed by atoms with E-state index >= 15 is 0 Å². The van der Waals surface area contributed by atoms with Crippen LogP contribution < -0.4 is 0 Å². The summed E-state index contributed by atoms with van der Waals surface area (Å²) < 4.78 is 32.1. The van der Waals surface area contributed by atoms with Crippen molar-refractivity contribution < 1.29 is 37.6 Å². The third-order valence-electron chi connectivity index (χ3n) is 11.3. The molecule has 0 saturated carbocycles. The zero-order chi connectivity index (χ0) is 42.5. The van der Waals surface area contributed by atoms with Gasteiger partial charge in [0.25, 0.3) is 0 Å². The molecule has 9 heteroatoms. The van der Waals surface area contributed by atoms with Gasteiger partial charge in [0.05, 0.1) is 6.61 Å². The molecule has 0 aliphatic rings. The van der Waals surface area contributed by atoms with E-state index in [9.17, 15) is 19.0 Å². The Hall–Kier alpha value is -1.21. The van der Waals surface area contributed by atoms with Crippen LogP contribution in [0.1, 0.15) is 264 Å². The summed E-state index contributed by atoms with van der Waals surface area (Å²) >= 11 is 0. The largest absolute Gasteiger partial charge is 0.472 e. The van der Waals surface area contributed by atoms with Gasteiger partial charge in [0.1, 0.15) is 6.61 Å². The molecule has 0 bridgehead atoms. The van der Waals surface area contributed by atoms with E-state index in [4.69, 9.17) is 14.0 Å². The number of unbranched alkanes of at least 4 members (excludes halogenated alkanes) is 34. The summed E-state index contributed by atoms with van der Waals surface area (Å²) in [4.78, 5) is 34.6. The molecule has 8 nitrogen and oxygen atoms in total. The summed E-state index contributed by atoms with van der Waals surface area (Å²) in [5.74, 6) is -0.797. The molecule has 0 radical (unpaired) electrons. The van der Waals surface area contributed by atoms with Gasteiger partial charge in [-0.25, -0.2) is 4.57 Å². The third kappa shape index (κ3) is 44.3. The zero-order valence-electron chi connectivity index (χ0n) is 38.5. The first-order valence-corrected chi connectivity index (χ1v) is 26.4. The second kappa shape index (κ2) is 45.3. The lowest BCUT2D eigenvalue weighted by Crippen LogP contribution is -2.29. The number of carbonyl (C=O) groups excluding carboxylic acids is 2. The van der Waals surface area contributed by atoms with Crippen molar-refractivity contribution in [2.24, 2.45) is 0 Å². The Morgan fingerprint density at radius 1 is 0.466 bits per heavy atom. The van der Waals surface area contributed by atoms with Crippen molar-refractivity contribution in [1.82, 2.24) is 0 Å². The van der Waals surface area contributed by atoms with Crippen molar-refractivity contribution in [1.29, 1.82) is 0 Å². The van der Waals surface area contributed by atoms with E-state index in [0.29, 0.717) is 12.8 Å². The van der Waals surface area contributed by atoms with Gasteiger partial charge in [-0.1, -0.05) is 225 Å². The lowest BCUT2D eigenvalue weighted by Gasteiger charge is -2.19. The van der Waals surface area contributed by atoms with E-state index in [1.165, 1.54) is 180 Å². The Morgan fingerprint density at radius 3 is 1.12 bits per heavy atom. The Labute approximate surface area is 359 Å². The molecule has 0 aromatic carbocycles. The summed E-state index contributed by atoms with van der Waals surface area (Å²) in [6.07, 6.45) is 51.4. The first kappa shape index (κ1) is 56.8. The molecule has 0 heterocycles. The van der Waals surface area contributed by atoms with Crippen LogP contribution in [0, 0.1) is 0 Å². The molecule has 0 aliphatic carbocycles. The number of allylic oxidation sites excluding steroid dienone is 2. The van der Waals surface area contributed by atoms with Crippen molar-refractivity contribution >= 4 is 19.8 Å². The first-order valence-electron chi connectivity index (χ1n) is 24.9. The molecule has 2 unspecified atom stereocenters. The van der Waals surface area contributed by atoms with Gasteiger partial charge in [-0.3, -0.25) is 18.6 Å². The summed E-state index contributed by atoms with van der Waals surface area (Å²) in [7, 11) is -3.20. The van der Waals surface area contributed by atoms with Gasteiger partial charge in [0.15, 0.2) is 6.10 Å². The summed E-state index contributed by atoms with van der Waals surface area (Å²) in [6, 6.07) is 0. The zero-order valence-corrected chi connectivity index (χ0v) is 39.4. The van der Waals surface area contributed by atoms with Crippen LogP contribution in [-0.2, 0) is 32.7 Å². The first-order chi connectivity index (χ1) is 28.3. The molecule has 344 valence electrons. The molecular weight excluding hydrogens is 748 g/mol. The molecule has 58 heavy (non-hydrogen) atoms. The highest BCUT2D eigenvalue weighted by Gasteiger charge is 2.24. The highest BCUT2D eigenvalue weighted by molar-refractivity contribution is 7.47. The lowest BCUT2D eigenvalue weighted by molar-refractivity contribution is -0.161. The molecule has 0 saturated heterocycles. The number of hydrogen-bond donors (Lipinski definition) is 1. The summed E-state index contributed by atoms with van der Waals surface area (Å²) in [5, 5.41) is 0. The van der Waals surface area contributed by atoms with Crippen molar-refractivity contribution in [2.45, 2.75) is 270 Å². The number of esters is 2. The van der Waals surface area contributed by atoms with Gasteiger partial charge in [-0.15, -0.1) is 0 Å². The standard InChI is InChI=1S/C49H95O8P/c1-4-6-8-10-12-14-16-18-20-22-23-24-25-26-27-28-30-31-33-35-37-39-41-43-48(50)55-45-47(46-56-58(52,53)54-3)57-49(51)44-42-40-38-36-34-32-29-21-19-17-15-13-11-9-7-5-2/h21,29,47H,4-20,22-28,30-46H2,1-3H3,(H,52,53)/b29-21-. The van der Waals surface area contributed by atoms with Crippen LogP contribution >= 0.6 is 7.82 Å². The molecule has 0 rings (SSSR count). The van der Waals surface area contributed by atoms with E-state index in [2.05, 4.69) is 30.5 Å². The minimum absolute atomic E-state index is 0.222. The molecule has 0 aliphatic heterocycles. The van der Waals surface area contributed by atoms with E-state index in [0.717, 1.165) is 58.5 Å². The van der Waals surface area contributed by atoms with Crippen molar-refractivity contribution in [2.75, 3.05) is 20.3 Å². The van der Waals surface area contributed by atoms with Crippen LogP contribution in [0.4, 0.5) is 0 Å². The van der Waals surface area contributed by atoms with Gasteiger partial charge in [0.2, 0.25) is 0 Å².